The lowest BCUT2D eigenvalue weighted by molar-refractivity contribution is 0.00578. The van der Waals surface area contributed by atoms with Crippen molar-refractivity contribution in [2.24, 2.45) is 0 Å². The highest BCUT2D eigenvalue weighted by molar-refractivity contribution is 6.52. The summed E-state index contributed by atoms with van der Waals surface area (Å²) in [6, 6.07) is 3.82. The van der Waals surface area contributed by atoms with Gasteiger partial charge in [-0.1, -0.05) is 12.1 Å². The number of hydrogen-bond donors (Lipinski definition) is 1. The van der Waals surface area contributed by atoms with Crippen LogP contribution in [0.2, 0.25) is 0 Å². The Labute approximate surface area is 121 Å². The van der Waals surface area contributed by atoms with E-state index in [1.54, 1.807) is 0 Å². The standard InChI is InChI=1S/C15H22BNO3/c1-11-8-12(9-13(10-18)17-11)6-7-16-19-14(2,3)15(4,5)20-16/h6-9,18H,10H2,1-5H3/b7-6+. The normalized spacial score (nSPS) is 20.8. The van der Waals surface area contributed by atoms with Crippen LogP contribution in [0.15, 0.2) is 18.1 Å². The fraction of sp³-hybridized carbons (Fsp3) is 0.533. The van der Waals surface area contributed by atoms with Crippen LogP contribution in [0.5, 0.6) is 0 Å². The van der Waals surface area contributed by atoms with Gasteiger partial charge in [0.25, 0.3) is 0 Å². The largest absolute Gasteiger partial charge is 0.487 e. The van der Waals surface area contributed by atoms with Gasteiger partial charge in [-0.15, -0.1) is 0 Å². The average Bonchev–Trinajstić information content (AvgIpc) is 2.54. The SMILES string of the molecule is Cc1cc(/C=C/B2OC(C)(C)C(C)(C)O2)cc(CO)n1. The van der Waals surface area contributed by atoms with Gasteiger partial charge in [0, 0.05) is 5.69 Å². The van der Waals surface area contributed by atoms with Crippen LogP contribution in [0.4, 0.5) is 0 Å². The second kappa shape index (κ2) is 5.32. The number of aliphatic hydroxyl groups excluding tert-OH is 1. The summed E-state index contributed by atoms with van der Waals surface area (Å²) < 4.78 is 11.8. The molecule has 1 aliphatic rings. The summed E-state index contributed by atoms with van der Waals surface area (Å²) in [6.45, 7) is 9.97. The Balaban J connectivity index is 2.13. The maximum absolute atomic E-state index is 9.17. The molecule has 0 spiro atoms. The second-order valence-corrected chi connectivity index (χ2v) is 6.18. The van der Waals surface area contributed by atoms with E-state index in [1.165, 1.54) is 0 Å². The van der Waals surface area contributed by atoms with E-state index in [-0.39, 0.29) is 24.9 Å². The van der Waals surface area contributed by atoms with E-state index >= 15 is 0 Å². The highest BCUT2D eigenvalue weighted by Gasteiger charge is 2.49. The molecule has 1 aromatic heterocycles. The maximum atomic E-state index is 9.17. The quantitative estimate of drug-likeness (QED) is 0.861. The summed E-state index contributed by atoms with van der Waals surface area (Å²) in [4.78, 5) is 4.23. The number of hydrogen-bond acceptors (Lipinski definition) is 4. The Kier molecular flexibility index (Phi) is 4.05. The summed E-state index contributed by atoms with van der Waals surface area (Å²) in [5, 5.41) is 9.17. The van der Waals surface area contributed by atoms with Gasteiger partial charge in [0.1, 0.15) is 0 Å². The van der Waals surface area contributed by atoms with Crippen LogP contribution in [0.3, 0.4) is 0 Å². The van der Waals surface area contributed by atoms with Crippen molar-refractivity contribution in [3.05, 3.63) is 35.1 Å². The minimum absolute atomic E-state index is 0.0565. The average molecular weight is 275 g/mol. The zero-order valence-corrected chi connectivity index (χ0v) is 12.8. The first kappa shape index (κ1) is 15.2. The molecule has 108 valence electrons. The minimum Gasteiger partial charge on any atom is -0.400 e. The maximum Gasteiger partial charge on any atom is 0.487 e. The molecule has 0 saturated carbocycles. The highest BCUT2D eigenvalue weighted by atomic mass is 16.7. The molecular formula is C15H22BNO3. The smallest absolute Gasteiger partial charge is 0.400 e. The van der Waals surface area contributed by atoms with E-state index in [0.29, 0.717) is 5.69 Å². The molecule has 0 amide bonds. The Morgan fingerprint density at radius 3 is 2.35 bits per heavy atom. The minimum atomic E-state index is -0.356. The van der Waals surface area contributed by atoms with Gasteiger partial charge in [-0.05, 0) is 52.3 Å². The summed E-state index contributed by atoms with van der Waals surface area (Å²) in [6.07, 6.45) is 1.94. The van der Waals surface area contributed by atoms with Crippen LogP contribution in [0.1, 0.15) is 44.6 Å². The Hall–Kier alpha value is -1.17. The number of pyridine rings is 1. The summed E-state index contributed by atoms with van der Waals surface area (Å²) >= 11 is 0. The van der Waals surface area contributed by atoms with Crippen LogP contribution >= 0.6 is 0 Å². The fourth-order valence-electron chi connectivity index (χ4n) is 2.10. The van der Waals surface area contributed by atoms with Crippen molar-refractivity contribution in [1.29, 1.82) is 0 Å². The molecule has 1 fully saturated rings. The van der Waals surface area contributed by atoms with Crippen LogP contribution < -0.4 is 0 Å². The van der Waals surface area contributed by atoms with Crippen LogP contribution in [0.25, 0.3) is 6.08 Å². The van der Waals surface area contributed by atoms with Crippen molar-refractivity contribution in [2.45, 2.75) is 52.4 Å². The van der Waals surface area contributed by atoms with E-state index in [2.05, 4.69) is 4.98 Å². The van der Waals surface area contributed by atoms with Gasteiger partial charge in [-0.3, -0.25) is 4.98 Å². The summed E-state index contributed by atoms with van der Waals surface area (Å²) in [7, 11) is -0.356. The molecule has 0 unspecified atom stereocenters. The molecule has 20 heavy (non-hydrogen) atoms. The zero-order chi connectivity index (χ0) is 15.0. The highest BCUT2D eigenvalue weighted by Crippen LogP contribution is 2.37. The van der Waals surface area contributed by atoms with Gasteiger partial charge in [0.2, 0.25) is 0 Å². The van der Waals surface area contributed by atoms with Gasteiger partial charge < -0.3 is 14.4 Å². The molecule has 2 heterocycles. The number of aliphatic hydroxyl groups is 1. The lowest BCUT2D eigenvalue weighted by Gasteiger charge is -2.32. The van der Waals surface area contributed by atoms with Crippen LogP contribution in [-0.4, -0.2) is 28.4 Å². The van der Waals surface area contributed by atoms with Gasteiger partial charge in [-0.25, -0.2) is 0 Å². The molecule has 1 aliphatic heterocycles. The van der Waals surface area contributed by atoms with Crippen molar-refractivity contribution >= 4 is 13.2 Å². The summed E-state index contributed by atoms with van der Waals surface area (Å²) in [5.41, 5.74) is 1.87. The molecule has 1 aromatic rings. The molecular weight excluding hydrogens is 253 g/mol. The lowest BCUT2D eigenvalue weighted by atomic mass is 9.89. The Bertz CT molecular complexity index is 510. The van der Waals surface area contributed by atoms with Crippen molar-refractivity contribution in [3.63, 3.8) is 0 Å². The molecule has 0 aliphatic carbocycles. The van der Waals surface area contributed by atoms with Gasteiger partial charge >= 0.3 is 7.12 Å². The van der Waals surface area contributed by atoms with Crippen molar-refractivity contribution in [2.75, 3.05) is 0 Å². The molecule has 0 radical (unpaired) electrons. The first-order chi connectivity index (χ1) is 9.23. The van der Waals surface area contributed by atoms with Crippen molar-refractivity contribution in [3.8, 4) is 0 Å². The third-order valence-corrected chi connectivity index (χ3v) is 3.91. The molecule has 2 rings (SSSR count). The van der Waals surface area contributed by atoms with Crippen molar-refractivity contribution < 1.29 is 14.4 Å². The predicted octanol–water partition coefficient (Wildman–Crippen LogP) is 2.53. The van der Waals surface area contributed by atoms with Gasteiger partial charge in [-0.2, -0.15) is 0 Å². The third-order valence-electron chi connectivity index (χ3n) is 3.91. The molecule has 1 N–H and O–H groups in total. The summed E-state index contributed by atoms with van der Waals surface area (Å²) in [5.74, 6) is 1.90. The first-order valence-corrected chi connectivity index (χ1v) is 6.86. The fourth-order valence-corrected chi connectivity index (χ4v) is 2.10. The topological polar surface area (TPSA) is 51.6 Å². The van der Waals surface area contributed by atoms with E-state index in [4.69, 9.17) is 14.4 Å². The Morgan fingerprint density at radius 2 is 1.80 bits per heavy atom. The van der Waals surface area contributed by atoms with E-state index in [1.807, 2.05) is 58.8 Å². The lowest BCUT2D eigenvalue weighted by Crippen LogP contribution is -2.41. The monoisotopic (exact) mass is 275 g/mol. The van der Waals surface area contributed by atoms with Crippen LogP contribution in [-0.2, 0) is 15.9 Å². The molecule has 4 nitrogen and oxygen atoms in total. The van der Waals surface area contributed by atoms with E-state index in [9.17, 15) is 0 Å². The van der Waals surface area contributed by atoms with E-state index < -0.39 is 0 Å². The zero-order valence-electron chi connectivity index (χ0n) is 12.8. The van der Waals surface area contributed by atoms with E-state index in [0.717, 1.165) is 11.3 Å². The van der Waals surface area contributed by atoms with Crippen molar-refractivity contribution in [1.82, 2.24) is 4.98 Å². The Morgan fingerprint density at radius 1 is 1.20 bits per heavy atom. The number of aromatic nitrogens is 1. The van der Waals surface area contributed by atoms with Crippen LogP contribution in [0, 0.1) is 6.92 Å². The molecule has 1 saturated heterocycles. The predicted molar refractivity (Wildman–Crippen MR) is 80.0 cm³/mol. The molecule has 0 aromatic carbocycles. The molecule has 5 heteroatoms. The number of aryl methyl sites for hydroxylation is 1. The second-order valence-electron chi connectivity index (χ2n) is 6.18. The molecule has 0 atom stereocenters. The number of nitrogens with zero attached hydrogens (tertiary/aromatic N) is 1. The van der Waals surface area contributed by atoms with Gasteiger partial charge in [0.05, 0.1) is 23.5 Å². The first-order valence-electron chi connectivity index (χ1n) is 6.86. The van der Waals surface area contributed by atoms with Gasteiger partial charge in [0.15, 0.2) is 0 Å². The third kappa shape index (κ3) is 3.11. The number of rotatable bonds is 3. The molecule has 0 bridgehead atoms.